The highest BCUT2D eigenvalue weighted by atomic mass is 15.1. The van der Waals surface area contributed by atoms with Crippen molar-refractivity contribution in [2.24, 2.45) is 0 Å². The van der Waals surface area contributed by atoms with E-state index in [4.69, 9.17) is 0 Å². The standard InChI is InChI=1S/C54H52N2/c1-37-12-24-51(32-41(37)5)55(52-25-13-38(2)42(6)33-52)49-28-20-45(21-29-49)16-18-47-10-9-11-48(36-47)19-17-46-22-30-50(31-23-46)56(53-26-14-39(3)43(7)34-53)54-27-15-40(4)44(8)35-54/h9-36H,1-8H3. The number of hydrogen-bond acceptors (Lipinski definition) is 2. The molecule has 7 aromatic carbocycles. The van der Waals surface area contributed by atoms with E-state index in [1.807, 2.05) is 0 Å². The van der Waals surface area contributed by atoms with E-state index in [1.165, 1.54) is 44.5 Å². The first kappa shape index (κ1) is 37.9. The minimum absolute atomic E-state index is 1.14. The van der Waals surface area contributed by atoms with Gasteiger partial charge in [-0.2, -0.15) is 0 Å². The zero-order chi connectivity index (χ0) is 39.3. The van der Waals surface area contributed by atoms with Gasteiger partial charge < -0.3 is 9.80 Å². The van der Waals surface area contributed by atoms with E-state index in [0.29, 0.717) is 0 Å². The van der Waals surface area contributed by atoms with Gasteiger partial charge in [0.2, 0.25) is 0 Å². The molecule has 0 aliphatic rings. The summed E-state index contributed by atoms with van der Waals surface area (Å²) in [5.74, 6) is 0. The minimum Gasteiger partial charge on any atom is -0.310 e. The summed E-state index contributed by atoms with van der Waals surface area (Å²) in [6.07, 6.45) is 8.77. The van der Waals surface area contributed by atoms with Gasteiger partial charge in [-0.05, 0) is 201 Å². The van der Waals surface area contributed by atoms with Crippen molar-refractivity contribution in [2.45, 2.75) is 55.4 Å². The summed E-state index contributed by atoms with van der Waals surface area (Å²) in [4.78, 5) is 4.70. The average Bonchev–Trinajstić information content (AvgIpc) is 3.20. The number of anilines is 6. The Kier molecular flexibility index (Phi) is 11.2. The lowest BCUT2D eigenvalue weighted by Gasteiger charge is -2.27. The molecule has 0 saturated carbocycles. The van der Waals surface area contributed by atoms with Crippen molar-refractivity contribution in [3.05, 3.63) is 212 Å². The zero-order valence-corrected chi connectivity index (χ0v) is 34.1. The van der Waals surface area contributed by atoms with Crippen LogP contribution in [0.2, 0.25) is 0 Å². The second-order valence-electron chi connectivity index (χ2n) is 15.3. The first-order valence-corrected chi connectivity index (χ1v) is 19.6. The third kappa shape index (κ3) is 8.61. The summed E-state index contributed by atoms with van der Waals surface area (Å²) in [5.41, 5.74) is 21.9. The van der Waals surface area contributed by atoms with Gasteiger partial charge in [-0.25, -0.2) is 0 Å². The van der Waals surface area contributed by atoms with E-state index in [9.17, 15) is 0 Å². The van der Waals surface area contributed by atoms with Crippen LogP contribution in [0.1, 0.15) is 66.8 Å². The second kappa shape index (κ2) is 16.6. The molecule has 2 heteroatoms. The van der Waals surface area contributed by atoms with Crippen LogP contribution in [0.25, 0.3) is 24.3 Å². The molecule has 0 aliphatic carbocycles. The van der Waals surface area contributed by atoms with E-state index in [0.717, 1.165) is 56.4 Å². The Hall–Kier alpha value is -6.38. The fourth-order valence-corrected chi connectivity index (χ4v) is 6.97. The highest BCUT2D eigenvalue weighted by molar-refractivity contribution is 5.81. The Morgan fingerprint density at radius 2 is 0.518 bits per heavy atom. The van der Waals surface area contributed by atoms with Gasteiger partial charge in [0.15, 0.2) is 0 Å². The Morgan fingerprint density at radius 1 is 0.250 bits per heavy atom. The topological polar surface area (TPSA) is 6.48 Å². The lowest BCUT2D eigenvalue weighted by molar-refractivity contribution is 1.23. The molecule has 0 atom stereocenters. The Morgan fingerprint density at radius 3 is 0.804 bits per heavy atom. The number of benzene rings is 7. The van der Waals surface area contributed by atoms with E-state index in [-0.39, 0.29) is 0 Å². The second-order valence-corrected chi connectivity index (χ2v) is 15.3. The van der Waals surface area contributed by atoms with Crippen molar-refractivity contribution < 1.29 is 0 Å². The maximum atomic E-state index is 2.35. The van der Waals surface area contributed by atoms with Crippen LogP contribution < -0.4 is 9.80 Å². The molecule has 0 amide bonds. The van der Waals surface area contributed by atoms with Crippen LogP contribution in [-0.4, -0.2) is 0 Å². The molecular weight excluding hydrogens is 677 g/mol. The lowest BCUT2D eigenvalue weighted by Crippen LogP contribution is -2.10. The molecule has 0 aliphatic heterocycles. The molecule has 0 saturated heterocycles. The summed E-state index contributed by atoms with van der Waals surface area (Å²) in [6, 6.07) is 53.2. The summed E-state index contributed by atoms with van der Waals surface area (Å²) >= 11 is 0. The van der Waals surface area contributed by atoms with E-state index in [1.54, 1.807) is 0 Å². The fourth-order valence-electron chi connectivity index (χ4n) is 6.97. The maximum absolute atomic E-state index is 2.35. The molecule has 0 heterocycles. The summed E-state index contributed by atoms with van der Waals surface area (Å²) in [7, 11) is 0. The summed E-state index contributed by atoms with van der Waals surface area (Å²) in [5, 5.41) is 0. The van der Waals surface area contributed by atoms with Crippen LogP contribution in [0.15, 0.2) is 146 Å². The van der Waals surface area contributed by atoms with Gasteiger partial charge in [-0.15, -0.1) is 0 Å². The highest BCUT2D eigenvalue weighted by Crippen LogP contribution is 2.38. The average molecular weight is 729 g/mol. The molecule has 56 heavy (non-hydrogen) atoms. The third-order valence-electron chi connectivity index (χ3n) is 11.1. The van der Waals surface area contributed by atoms with Crippen molar-refractivity contribution in [2.75, 3.05) is 9.80 Å². The predicted octanol–water partition coefficient (Wildman–Crippen LogP) is 15.4. The van der Waals surface area contributed by atoms with Gasteiger partial charge >= 0.3 is 0 Å². The molecule has 7 rings (SSSR count). The third-order valence-corrected chi connectivity index (χ3v) is 11.1. The zero-order valence-electron chi connectivity index (χ0n) is 34.1. The molecule has 0 bridgehead atoms. The SMILES string of the molecule is Cc1ccc(N(c2ccc(C=Cc3cccc(C=Cc4ccc(N(c5ccc(C)c(C)c5)c5ccc(C)c(C)c5)cc4)c3)cc2)c2ccc(C)c(C)c2)cc1C. The van der Waals surface area contributed by atoms with Crippen molar-refractivity contribution in [1.29, 1.82) is 0 Å². The number of hydrogen-bond donors (Lipinski definition) is 0. The van der Waals surface area contributed by atoms with E-state index >= 15 is 0 Å². The molecule has 0 spiro atoms. The van der Waals surface area contributed by atoms with Gasteiger partial charge in [0.25, 0.3) is 0 Å². The van der Waals surface area contributed by atoms with Gasteiger partial charge in [-0.1, -0.05) is 91.0 Å². The van der Waals surface area contributed by atoms with Crippen LogP contribution in [0, 0.1) is 55.4 Å². The molecule has 0 unspecified atom stereocenters. The van der Waals surface area contributed by atoms with Gasteiger partial charge in [-0.3, -0.25) is 0 Å². The monoisotopic (exact) mass is 728 g/mol. The van der Waals surface area contributed by atoms with Crippen molar-refractivity contribution in [1.82, 2.24) is 0 Å². The minimum atomic E-state index is 1.14. The highest BCUT2D eigenvalue weighted by Gasteiger charge is 2.15. The first-order chi connectivity index (χ1) is 27.0. The molecule has 0 fully saturated rings. The predicted molar refractivity (Wildman–Crippen MR) is 244 cm³/mol. The normalized spacial score (nSPS) is 11.4. The van der Waals surface area contributed by atoms with E-state index in [2.05, 4.69) is 235 Å². The van der Waals surface area contributed by atoms with Crippen molar-refractivity contribution in [3.8, 4) is 0 Å². The van der Waals surface area contributed by atoms with Gasteiger partial charge in [0, 0.05) is 34.1 Å². The summed E-state index contributed by atoms with van der Waals surface area (Å²) < 4.78 is 0. The molecule has 0 aromatic heterocycles. The number of nitrogens with zero attached hydrogens (tertiary/aromatic N) is 2. The molecule has 2 nitrogen and oxygen atoms in total. The van der Waals surface area contributed by atoms with Gasteiger partial charge in [0.05, 0.1) is 0 Å². The Balaban J connectivity index is 1.08. The quantitative estimate of drug-likeness (QED) is 0.129. The first-order valence-electron chi connectivity index (χ1n) is 19.6. The van der Waals surface area contributed by atoms with Crippen LogP contribution in [-0.2, 0) is 0 Å². The van der Waals surface area contributed by atoms with Crippen molar-refractivity contribution >= 4 is 58.4 Å². The molecular formula is C54H52N2. The Bertz CT molecular complexity index is 2270. The maximum Gasteiger partial charge on any atom is 0.0464 e. The van der Waals surface area contributed by atoms with E-state index < -0.39 is 0 Å². The van der Waals surface area contributed by atoms with Crippen LogP contribution in [0.3, 0.4) is 0 Å². The van der Waals surface area contributed by atoms with Crippen LogP contribution in [0.5, 0.6) is 0 Å². The fraction of sp³-hybridized carbons (Fsp3) is 0.148. The van der Waals surface area contributed by atoms with Gasteiger partial charge in [0.1, 0.15) is 0 Å². The molecule has 0 N–H and O–H groups in total. The summed E-state index contributed by atoms with van der Waals surface area (Å²) in [6.45, 7) is 17.4. The molecule has 278 valence electrons. The smallest absolute Gasteiger partial charge is 0.0464 e. The number of aryl methyl sites for hydroxylation is 8. The molecule has 0 radical (unpaired) electrons. The van der Waals surface area contributed by atoms with Crippen LogP contribution in [0.4, 0.5) is 34.1 Å². The Labute approximate surface area is 334 Å². The number of rotatable bonds is 10. The lowest BCUT2D eigenvalue weighted by atomic mass is 10.0. The molecule has 7 aromatic rings. The largest absolute Gasteiger partial charge is 0.310 e. The van der Waals surface area contributed by atoms with Crippen LogP contribution >= 0.6 is 0 Å². The van der Waals surface area contributed by atoms with Crippen molar-refractivity contribution in [3.63, 3.8) is 0 Å².